The minimum absolute atomic E-state index is 0.653. The molecule has 0 aliphatic carbocycles. The third-order valence-electron chi connectivity index (χ3n) is 3.87. The Morgan fingerprint density at radius 2 is 2.08 bits per heavy atom. The Hall–Kier alpha value is -1.31. The summed E-state index contributed by atoms with van der Waals surface area (Å²) in [6, 6.07) is 4.32. The molecule has 0 radical (unpaired) electrons. The molecule has 0 bridgehead atoms. The smallest absolute Gasteiger partial charge is 0.194 e. The normalized spacial score (nSPS) is 15.8. The second kappa shape index (κ2) is 11.3. The van der Waals surface area contributed by atoms with Gasteiger partial charge in [0, 0.05) is 53.0 Å². The van der Waals surface area contributed by atoms with Crippen molar-refractivity contribution in [3.05, 3.63) is 17.5 Å². The molecule has 0 atom stereocenters. The third-order valence-corrected chi connectivity index (χ3v) is 4.80. The Morgan fingerprint density at radius 3 is 2.75 bits per heavy atom. The van der Waals surface area contributed by atoms with Gasteiger partial charge >= 0.3 is 0 Å². The lowest BCUT2D eigenvalue weighted by atomic mass is 10.3. The van der Waals surface area contributed by atoms with Crippen molar-refractivity contribution in [3.63, 3.8) is 0 Å². The molecule has 1 aromatic heterocycles. The van der Waals surface area contributed by atoms with Crippen molar-refractivity contribution in [1.82, 2.24) is 10.2 Å². The van der Waals surface area contributed by atoms with E-state index in [0.29, 0.717) is 13.2 Å². The molecule has 6 nitrogen and oxygen atoms in total. The minimum atomic E-state index is 0.653. The summed E-state index contributed by atoms with van der Waals surface area (Å²) in [5.74, 6) is 1.03. The average molecular weight is 355 g/mol. The quantitative estimate of drug-likeness (QED) is 0.417. The maximum Gasteiger partial charge on any atom is 0.194 e. The molecule has 1 aliphatic rings. The van der Waals surface area contributed by atoms with Crippen molar-refractivity contribution in [2.24, 2.45) is 4.99 Å². The molecular formula is C17H30N4O2S. The highest BCUT2D eigenvalue weighted by Gasteiger charge is 2.20. The topological polar surface area (TPSA) is 49.3 Å². The number of hydrogen-bond acceptors (Lipinski definition) is 5. The van der Waals surface area contributed by atoms with E-state index in [1.54, 1.807) is 7.11 Å². The molecule has 0 spiro atoms. The van der Waals surface area contributed by atoms with Crippen LogP contribution < -0.4 is 10.2 Å². The van der Waals surface area contributed by atoms with E-state index in [1.807, 2.05) is 11.3 Å². The van der Waals surface area contributed by atoms with E-state index in [-0.39, 0.29) is 0 Å². The van der Waals surface area contributed by atoms with Gasteiger partial charge in [0.15, 0.2) is 5.96 Å². The van der Waals surface area contributed by atoms with Gasteiger partial charge in [0.25, 0.3) is 0 Å². The number of aliphatic imine (C=N–C) groups is 1. The predicted molar refractivity (Wildman–Crippen MR) is 101 cm³/mol. The molecule has 1 aliphatic heterocycles. The number of ether oxygens (including phenoxy) is 2. The van der Waals surface area contributed by atoms with Gasteiger partial charge in [-0.3, -0.25) is 4.99 Å². The van der Waals surface area contributed by atoms with Crippen molar-refractivity contribution in [2.75, 3.05) is 71.1 Å². The molecule has 0 saturated carbocycles. The molecule has 7 heteroatoms. The highest BCUT2D eigenvalue weighted by Crippen LogP contribution is 2.22. The number of guanidine groups is 1. The second-order valence-electron chi connectivity index (χ2n) is 5.62. The number of methoxy groups -OCH3 is 1. The summed E-state index contributed by atoms with van der Waals surface area (Å²) in [5, 5.41) is 6.92. The second-order valence-corrected chi connectivity index (χ2v) is 6.55. The third kappa shape index (κ3) is 6.30. The molecule has 1 fully saturated rings. The molecule has 2 rings (SSSR count). The molecule has 1 saturated heterocycles. The summed E-state index contributed by atoms with van der Waals surface area (Å²) in [6.45, 7) is 9.96. The summed E-state index contributed by atoms with van der Waals surface area (Å²) in [7, 11) is 1.69. The van der Waals surface area contributed by atoms with Crippen LogP contribution in [0.25, 0.3) is 0 Å². The molecular weight excluding hydrogens is 324 g/mol. The largest absolute Gasteiger partial charge is 0.382 e. The van der Waals surface area contributed by atoms with Gasteiger partial charge in [0.1, 0.15) is 0 Å². The van der Waals surface area contributed by atoms with E-state index >= 15 is 0 Å². The summed E-state index contributed by atoms with van der Waals surface area (Å²) in [4.78, 5) is 9.56. The van der Waals surface area contributed by atoms with Gasteiger partial charge in [0.2, 0.25) is 0 Å². The lowest BCUT2D eigenvalue weighted by Gasteiger charge is -2.37. The molecule has 0 amide bonds. The van der Waals surface area contributed by atoms with Gasteiger partial charge in [-0.25, -0.2) is 0 Å². The van der Waals surface area contributed by atoms with Crippen LogP contribution in [0, 0.1) is 0 Å². The first kappa shape index (κ1) is 19.0. The van der Waals surface area contributed by atoms with Crippen molar-refractivity contribution >= 4 is 22.3 Å². The van der Waals surface area contributed by atoms with E-state index < -0.39 is 0 Å². The SMILES string of the molecule is CCNC(=NCCCOCCOC)N1CCN(c2cccs2)CC1. The van der Waals surface area contributed by atoms with Crippen LogP contribution in [0.4, 0.5) is 5.00 Å². The van der Waals surface area contributed by atoms with Gasteiger partial charge in [-0.2, -0.15) is 0 Å². The van der Waals surface area contributed by atoms with Crippen molar-refractivity contribution in [1.29, 1.82) is 0 Å². The van der Waals surface area contributed by atoms with Gasteiger partial charge < -0.3 is 24.6 Å². The van der Waals surface area contributed by atoms with Crippen LogP contribution >= 0.6 is 11.3 Å². The van der Waals surface area contributed by atoms with Gasteiger partial charge in [0.05, 0.1) is 18.2 Å². The minimum Gasteiger partial charge on any atom is -0.382 e. The number of thiophene rings is 1. The molecule has 24 heavy (non-hydrogen) atoms. The van der Waals surface area contributed by atoms with Crippen molar-refractivity contribution in [2.45, 2.75) is 13.3 Å². The first-order valence-corrected chi connectivity index (χ1v) is 9.61. The first-order valence-electron chi connectivity index (χ1n) is 8.73. The Morgan fingerprint density at radius 1 is 1.25 bits per heavy atom. The Kier molecular flexibility index (Phi) is 8.94. The standard InChI is InChI=1S/C17H30N4O2S/c1-3-18-17(19-7-5-12-23-14-13-22-2)21-10-8-20(9-11-21)16-6-4-15-24-16/h4,6,15H,3,5,7-14H2,1-2H3,(H,18,19). The Bertz CT molecular complexity index is 459. The zero-order chi connectivity index (χ0) is 17.0. The van der Waals surface area contributed by atoms with Crippen LogP contribution in [0.2, 0.25) is 0 Å². The van der Waals surface area contributed by atoms with Crippen molar-refractivity contribution in [3.8, 4) is 0 Å². The molecule has 136 valence electrons. The van der Waals surface area contributed by atoms with Crippen LogP contribution in [0.15, 0.2) is 22.5 Å². The number of piperazine rings is 1. The lowest BCUT2D eigenvalue weighted by Crippen LogP contribution is -2.52. The fourth-order valence-corrected chi connectivity index (χ4v) is 3.40. The molecule has 0 aromatic carbocycles. The number of anilines is 1. The summed E-state index contributed by atoms with van der Waals surface area (Å²) < 4.78 is 10.4. The van der Waals surface area contributed by atoms with Gasteiger partial charge in [-0.15, -0.1) is 11.3 Å². The number of rotatable bonds is 9. The molecule has 2 heterocycles. The van der Waals surface area contributed by atoms with Crippen LogP contribution in [-0.4, -0.2) is 77.1 Å². The molecule has 1 N–H and O–H groups in total. The van der Waals surface area contributed by atoms with E-state index in [4.69, 9.17) is 14.5 Å². The van der Waals surface area contributed by atoms with E-state index in [9.17, 15) is 0 Å². The average Bonchev–Trinajstić information content (AvgIpc) is 3.15. The summed E-state index contributed by atoms with van der Waals surface area (Å²) in [5.41, 5.74) is 0. The van der Waals surface area contributed by atoms with E-state index in [2.05, 4.69) is 39.6 Å². The zero-order valence-electron chi connectivity index (χ0n) is 14.9. The van der Waals surface area contributed by atoms with Crippen LogP contribution in [0.3, 0.4) is 0 Å². The number of hydrogen-bond donors (Lipinski definition) is 1. The number of nitrogens with zero attached hydrogens (tertiary/aromatic N) is 3. The summed E-state index contributed by atoms with van der Waals surface area (Å²) in [6.07, 6.45) is 0.938. The highest BCUT2D eigenvalue weighted by atomic mass is 32.1. The fraction of sp³-hybridized carbons (Fsp3) is 0.706. The van der Waals surface area contributed by atoms with Gasteiger partial charge in [-0.05, 0) is 30.9 Å². The lowest BCUT2D eigenvalue weighted by molar-refractivity contribution is 0.0702. The molecule has 0 unspecified atom stereocenters. The number of nitrogens with one attached hydrogen (secondary N) is 1. The van der Waals surface area contributed by atoms with Crippen LogP contribution in [0.5, 0.6) is 0 Å². The maximum atomic E-state index is 5.48. The maximum absolute atomic E-state index is 5.48. The van der Waals surface area contributed by atoms with Crippen LogP contribution in [-0.2, 0) is 9.47 Å². The Balaban J connectivity index is 1.73. The highest BCUT2D eigenvalue weighted by molar-refractivity contribution is 7.14. The monoisotopic (exact) mass is 354 g/mol. The summed E-state index contributed by atoms with van der Waals surface area (Å²) >= 11 is 1.81. The van der Waals surface area contributed by atoms with Crippen molar-refractivity contribution < 1.29 is 9.47 Å². The van der Waals surface area contributed by atoms with Crippen LogP contribution in [0.1, 0.15) is 13.3 Å². The van der Waals surface area contributed by atoms with E-state index in [0.717, 1.165) is 58.3 Å². The zero-order valence-corrected chi connectivity index (χ0v) is 15.7. The first-order chi connectivity index (χ1) is 11.8. The predicted octanol–water partition coefficient (Wildman–Crippen LogP) is 1.89. The van der Waals surface area contributed by atoms with Gasteiger partial charge in [-0.1, -0.05) is 0 Å². The fourth-order valence-electron chi connectivity index (χ4n) is 2.61. The Labute approximate surface area is 149 Å². The van der Waals surface area contributed by atoms with E-state index in [1.165, 1.54) is 5.00 Å². The molecule has 1 aromatic rings.